The minimum absolute atomic E-state index is 0.0404. The predicted molar refractivity (Wildman–Crippen MR) is 93.1 cm³/mol. The molecule has 2 N–H and O–H groups in total. The van der Waals surface area contributed by atoms with E-state index >= 15 is 0 Å². The summed E-state index contributed by atoms with van der Waals surface area (Å²) >= 11 is 0. The molecule has 2 rings (SSSR count). The van der Waals surface area contributed by atoms with Crippen molar-refractivity contribution in [3.8, 4) is 0 Å². The lowest BCUT2D eigenvalue weighted by atomic mass is 10.2. The first-order valence-electron chi connectivity index (χ1n) is 7.81. The van der Waals surface area contributed by atoms with Crippen molar-refractivity contribution in [1.29, 1.82) is 0 Å². The topological polar surface area (TPSA) is 95.7 Å². The molecule has 6 nitrogen and oxygen atoms in total. The quantitative estimate of drug-likeness (QED) is 0.570. The maximum atomic E-state index is 12.0. The minimum atomic E-state index is -3.86. The lowest BCUT2D eigenvalue weighted by molar-refractivity contribution is -0.146. The van der Waals surface area contributed by atoms with Crippen LogP contribution < -0.4 is 5.73 Å². The van der Waals surface area contributed by atoms with E-state index in [1.807, 2.05) is 37.3 Å². The fraction of sp³-hybridized carbons (Fsp3) is 0.278. The van der Waals surface area contributed by atoms with Gasteiger partial charge in [-0.1, -0.05) is 48.0 Å². The summed E-state index contributed by atoms with van der Waals surface area (Å²) in [5.74, 6) is -0.597. The van der Waals surface area contributed by atoms with Crippen LogP contribution in [0, 0.1) is 6.92 Å². The van der Waals surface area contributed by atoms with Crippen LogP contribution in [0.3, 0.4) is 0 Å². The number of hydrogen-bond donors (Lipinski definition) is 1. The van der Waals surface area contributed by atoms with E-state index in [0.717, 1.165) is 11.1 Å². The van der Waals surface area contributed by atoms with Gasteiger partial charge in [-0.25, -0.2) is 0 Å². The van der Waals surface area contributed by atoms with Gasteiger partial charge in [-0.3, -0.25) is 8.98 Å². The van der Waals surface area contributed by atoms with E-state index in [0.29, 0.717) is 0 Å². The molecule has 1 atom stereocenters. The van der Waals surface area contributed by atoms with E-state index in [-0.39, 0.29) is 24.5 Å². The van der Waals surface area contributed by atoms with Gasteiger partial charge in [0.05, 0.1) is 11.5 Å². The molecule has 0 unspecified atom stereocenters. The fourth-order valence-electron chi connectivity index (χ4n) is 2.01. The molecule has 0 saturated heterocycles. The van der Waals surface area contributed by atoms with Gasteiger partial charge in [0.15, 0.2) is 0 Å². The van der Waals surface area contributed by atoms with Crippen LogP contribution in [0.2, 0.25) is 0 Å². The second-order valence-electron chi connectivity index (χ2n) is 5.58. The summed E-state index contributed by atoms with van der Waals surface area (Å²) in [6, 6.07) is 14.6. The lowest BCUT2D eigenvalue weighted by Gasteiger charge is -2.12. The van der Waals surface area contributed by atoms with Crippen molar-refractivity contribution in [2.24, 2.45) is 5.73 Å². The summed E-state index contributed by atoms with van der Waals surface area (Å²) in [5.41, 5.74) is 7.51. The zero-order valence-electron chi connectivity index (χ0n) is 13.9. The molecule has 0 fully saturated rings. The average molecular weight is 363 g/mol. The number of benzene rings is 2. The number of nitrogens with two attached hydrogens (primary N) is 1. The molecule has 0 saturated carbocycles. The molecule has 0 aromatic heterocycles. The summed E-state index contributed by atoms with van der Waals surface area (Å²) < 4.78 is 34.1. The lowest BCUT2D eigenvalue weighted by Crippen LogP contribution is -2.33. The van der Waals surface area contributed by atoms with Crippen molar-refractivity contribution in [3.63, 3.8) is 0 Å². The molecule has 134 valence electrons. The van der Waals surface area contributed by atoms with E-state index < -0.39 is 22.1 Å². The first-order valence-corrected chi connectivity index (χ1v) is 9.21. The Hall–Kier alpha value is -2.22. The summed E-state index contributed by atoms with van der Waals surface area (Å²) in [5, 5.41) is 0. The van der Waals surface area contributed by atoms with Gasteiger partial charge in [0.2, 0.25) is 0 Å². The Bertz CT molecular complexity index is 788. The molecule has 2 aromatic carbocycles. The number of carbonyl (C=O) groups is 1. The maximum absolute atomic E-state index is 12.0. The highest BCUT2D eigenvalue weighted by molar-refractivity contribution is 7.86. The molecule has 7 heteroatoms. The Kier molecular flexibility index (Phi) is 6.69. The summed E-state index contributed by atoms with van der Waals surface area (Å²) in [6.45, 7) is 1.78. The van der Waals surface area contributed by atoms with Crippen molar-refractivity contribution in [1.82, 2.24) is 0 Å². The molecular weight excluding hydrogens is 342 g/mol. The second-order valence-corrected chi connectivity index (χ2v) is 7.19. The monoisotopic (exact) mass is 363 g/mol. The Labute approximate surface area is 147 Å². The number of carbonyl (C=O) groups excluding carboxylic acids is 1. The molecule has 0 aliphatic carbocycles. The molecule has 0 heterocycles. The van der Waals surface area contributed by atoms with Crippen molar-refractivity contribution in [3.05, 3.63) is 65.7 Å². The van der Waals surface area contributed by atoms with E-state index in [2.05, 4.69) is 0 Å². The number of aryl methyl sites for hydroxylation is 1. The van der Waals surface area contributed by atoms with Gasteiger partial charge < -0.3 is 10.5 Å². The molecule has 0 aliphatic rings. The molecule has 0 aliphatic heterocycles. The van der Waals surface area contributed by atoms with Gasteiger partial charge in [-0.05, 0) is 31.0 Å². The normalized spacial score (nSPS) is 12.6. The standard InChI is InChI=1S/C18H21NO5S/c1-14-7-9-16(10-8-14)25(21,22)24-12-11-17(19)18(20)23-13-15-5-3-2-4-6-15/h2-10,17H,11-13,19H2,1H3/t17-/m0/s1. The van der Waals surface area contributed by atoms with Crippen LogP contribution in [0.1, 0.15) is 17.5 Å². The number of ether oxygens (including phenoxy) is 1. The second kappa shape index (κ2) is 8.75. The van der Waals surface area contributed by atoms with E-state index in [9.17, 15) is 13.2 Å². The van der Waals surface area contributed by atoms with Crippen molar-refractivity contribution in [2.45, 2.75) is 30.9 Å². The SMILES string of the molecule is Cc1ccc(S(=O)(=O)OCC[C@H](N)C(=O)OCc2ccccc2)cc1. The highest BCUT2D eigenvalue weighted by atomic mass is 32.2. The summed E-state index contributed by atoms with van der Waals surface area (Å²) in [7, 11) is -3.86. The van der Waals surface area contributed by atoms with Gasteiger partial charge in [0.1, 0.15) is 12.6 Å². The van der Waals surface area contributed by atoms with Crippen LogP contribution in [0.15, 0.2) is 59.5 Å². The fourth-order valence-corrected chi connectivity index (χ4v) is 2.93. The average Bonchev–Trinajstić information content (AvgIpc) is 2.60. The van der Waals surface area contributed by atoms with Crippen molar-refractivity contribution >= 4 is 16.1 Å². The Morgan fingerprint density at radius 2 is 1.72 bits per heavy atom. The summed E-state index contributed by atoms with van der Waals surface area (Å²) in [6.07, 6.45) is 0.0404. The Morgan fingerprint density at radius 3 is 2.36 bits per heavy atom. The van der Waals surface area contributed by atoms with Crippen LogP contribution in [-0.4, -0.2) is 27.0 Å². The van der Waals surface area contributed by atoms with Crippen LogP contribution in [-0.2, 0) is 30.4 Å². The third-order valence-electron chi connectivity index (χ3n) is 3.50. The minimum Gasteiger partial charge on any atom is -0.460 e. The molecule has 0 bridgehead atoms. The zero-order chi connectivity index (χ0) is 18.3. The van der Waals surface area contributed by atoms with Crippen LogP contribution in [0.4, 0.5) is 0 Å². The molecule has 2 aromatic rings. The third kappa shape index (κ3) is 5.97. The van der Waals surface area contributed by atoms with Gasteiger partial charge in [-0.15, -0.1) is 0 Å². The molecular formula is C18H21NO5S. The third-order valence-corrected chi connectivity index (χ3v) is 4.83. The molecule has 0 amide bonds. The molecule has 25 heavy (non-hydrogen) atoms. The first kappa shape index (κ1) is 19.1. The van der Waals surface area contributed by atoms with Gasteiger partial charge in [-0.2, -0.15) is 8.42 Å². The summed E-state index contributed by atoms with van der Waals surface area (Å²) in [4.78, 5) is 11.9. The van der Waals surface area contributed by atoms with Crippen molar-refractivity contribution in [2.75, 3.05) is 6.61 Å². The molecule has 0 spiro atoms. The zero-order valence-corrected chi connectivity index (χ0v) is 14.7. The predicted octanol–water partition coefficient (Wildman–Crippen LogP) is 2.16. The van der Waals surface area contributed by atoms with E-state index in [1.54, 1.807) is 12.1 Å². The Balaban J connectivity index is 1.78. The van der Waals surface area contributed by atoms with Crippen molar-refractivity contribution < 1.29 is 22.1 Å². The van der Waals surface area contributed by atoms with E-state index in [4.69, 9.17) is 14.7 Å². The van der Waals surface area contributed by atoms with Crippen LogP contribution in [0.25, 0.3) is 0 Å². The van der Waals surface area contributed by atoms with E-state index in [1.165, 1.54) is 12.1 Å². The Morgan fingerprint density at radius 1 is 1.08 bits per heavy atom. The van der Waals surface area contributed by atoms with Crippen LogP contribution >= 0.6 is 0 Å². The highest BCUT2D eigenvalue weighted by Gasteiger charge is 2.19. The van der Waals surface area contributed by atoms with Gasteiger partial charge in [0.25, 0.3) is 10.1 Å². The highest BCUT2D eigenvalue weighted by Crippen LogP contribution is 2.13. The smallest absolute Gasteiger partial charge is 0.323 e. The molecule has 0 radical (unpaired) electrons. The van der Waals surface area contributed by atoms with Gasteiger partial charge >= 0.3 is 5.97 Å². The van der Waals surface area contributed by atoms with Gasteiger partial charge in [0, 0.05) is 0 Å². The van der Waals surface area contributed by atoms with Crippen LogP contribution in [0.5, 0.6) is 0 Å². The first-order chi connectivity index (χ1) is 11.9. The maximum Gasteiger partial charge on any atom is 0.323 e. The number of rotatable bonds is 8. The number of esters is 1. The number of hydrogen-bond acceptors (Lipinski definition) is 6. The largest absolute Gasteiger partial charge is 0.460 e.